The van der Waals surface area contributed by atoms with Gasteiger partial charge in [-0.05, 0) is 36.0 Å². The predicted octanol–water partition coefficient (Wildman–Crippen LogP) is 5.40. The van der Waals surface area contributed by atoms with E-state index in [1.54, 1.807) is 7.11 Å². The molecule has 1 heterocycles. The Morgan fingerprint density at radius 2 is 1.42 bits per heavy atom. The van der Waals surface area contributed by atoms with Crippen molar-refractivity contribution in [2.45, 2.75) is 44.4 Å². The van der Waals surface area contributed by atoms with E-state index in [0.29, 0.717) is 6.04 Å². The second kappa shape index (κ2) is 12.3. The fourth-order valence-electron chi connectivity index (χ4n) is 4.55. The van der Waals surface area contributed by atoms with Crippen molar-refractivity contribution in [1.82, 2.24) is 9.91 Å². The van der Waals surface area contributed by atoms with Crippen LogP contribution in [0, 0.1) is 0 Å². The summed E-state index contributed by atoms with van der Waals surface area (Å²) in [6.07, 6.45) is 5.42. The Kier molecular flexibility index (Phi) is 8.68. The molecule has 0 spiro atoms. The number of hydrazone groups is 1. The molecule has 0 bridgehead atoms. The third kappa shape index (κ3) is 7.01. The number of nitrogens with zero attached hydrogens (tertiary/aromatic N) is 3. The van der Waals surface area contributed by atoms with Gasteiger partial charge in [0, 0.05) is 33.0 Å². The number of hydrogen-bond donors (Lipinski definition) is 0. The van der Waals surface area contributed by atoms with Crippen LogP contribution in [0.5, 0.6) is 0 Å². The Labute approximate surface area is 198 Å². The molecule has 0 N–H and O–H groups in total. The zero-order valence-electron chi connectivity index (χ0n) is 19.6. The minimum absolute atomic E-state index is 0.177. The Morgan fingerprint density at radius 1 is 0.879 bits per heavy atom. The molecule has 172 valence electrons. The molecule has 1 aliphatic rings. The molecular weight excluding hydrogens is 406 g/mol. The van der Waals surface area contributed by atoms with Crippen molar-refractivity contribution in [3.05, 3.63) is 108 Å². The van der Waals surface area contributed by atoms with Gasteiger partial charge < -0.3 is 4.74 Å². The third-order valence-electron chi connectivity index (χ3n) is 6.31. The van der Waals surface area contributed by atoms with Gasteiger partial charge in [-0.3, -0.25) is 9.91 Å². The quantitative estimate of drug-likeness (QED) is 0.373. The number of ether oxygens (including phenoxy) is 1. The van der Waals surface area contributed by atoms with Crippen molar-refractivity contribution in [2.24, 2.45) is 5.10 Å². The highest BCUT2D eigenvalue weighted by molar-refractivity contribution is 5.65. The second-order valence-corrected chi connectivity index (χ2v) is 8.81. The summed E-state index contributed by atoms with van der Waals surface area (Å²) in [5.74, 6) is 0. The van der Waals surface area contributed by atoms with Crippen LogP contribution in [0.1, 0.15) is 29.5 Å². The van der Waals surface area contributed by atoms with Crippen molar-refractivity contribution in [3.63, 3.8) is 0 Å². The molecule has 2 atom stereocenters. The molecule has 0 radical (unpaired) electrons. The van der Waals surface area contributed by atoms with Crippen LogP contribution >= 0.6 is 0 Å². The summed E-state index contributed by atoms with van der Waals surface area (Å²) in [4.78, 5) is 2.54. The molecule has 4 rings (SSSR count). The van der Waals surface area contributed by atoms with Crippen LogP contribution in [-0.4, -0.2) is 48.5 Å². The number of rotatable bonds is 11. The lowest BCUT2D eigenvalue weighted by Gasteiger charge is -2.31. The summed E-state index contributed by atoms with van der Waals surface area (Å²) in [6.45, 7) is 3.49. The Balaban J connectivity index is 1.61. The topological polar surface area (TPSA) is 28.1 Å². The van der Waals surface area contributed by atoms with E-state index < -0.39 is 0 Å². The van der Waals surface area contributed by atoms with E-state index in [1.807, 2.05) is 0 Å². The van der Waals surface area contributed by atoms with Crippen LogP contribution in [0.15, 0.2) is 96.1 Å². The van der Waals surface area contributed by atoms with Crippen molar-refractivity contribution in [2.75, 3.05) is 20.3 Å². The van der Waals surface area contributed by atoms with Crippen LogP contribution in [0.25, 0.3) is 0 Å². The number of hydrogen-bond acceptors (Lipinski definition) is 4. The van der Waals surface area contributed by atoms with Gasteiger partial charge in [0.05, 0.1) is 18.7 Å². The van der Waals surface area contributed by atoms with E-state index >= 15 is 0 Å². The van der Waals surface area contributed by atoms with Gasteiger partial charge in [-0.25, -0.2) is 0 Å². The van der Waals surface area contributed by atoms with Crippen molar-refractivity contribution < 1.29 is 4.74 Å². The van der Waals surface area contributed by atoms with Crippen LogP contribution in [0.4, 0.5) is 0 Å². The van der Waals surface area contributed by atoms with E-state index in [2.05, 4.69) is 107 Å². The van der Waals surface area contributed by atoms with E-state index in [1.165, 1.54) is 23.1 Å². The Hall–Kier alpha value is -2.95. The van der Waals surface area contributed by atoms with Crippen molar-refractivity contribution >= 4 is 6.21 Å². The first-order valence-electron chi connectivity index (χ1n) is 12.0. The zero-order valence-corrected chi connectivity index (χ0v) is 19.6. The van der Waals surface area contributed by atoms with Crippen LogP contribution in [-0.2, 0) is 24.2 Å². The fraction of sp³-hybridized carbons (Fsp3) is 0.345. The van der Waals surface area contributed by atoms with Crippen LogP contribution in [0.3, 0.4) is 0 Å². The molecule has 0 unspecified atom stereocenters. The van der Waals surface area contributed by atoms with E-state index in [-0.39, 0.29) is 6.04 Å². The molecule has 1 saturated heterocycles. The van der Waals surface area contributed by atoms with Gasteiger partial charge in [0.25, 0.3) is 0 Å². The van der Waals surface area contributed by atoms with Crippen LogP contribution < -0.4 is 0 Å². The molecule has 0 saturated carbocycles. The lowest BCUT2D eigenvalue weighted by Crippen LogP contribution is -2.38. The summed E-state index contributed by atoms with van der Waals surface area (Å²) >= 11 is 0. The van der Waals surface area contributed by atoms with Gasteiger partial charge in [-0.2, -0.15) is 5.10 Å². The molecule has 1 fully saturated rings. The highest BCUT2D eigenvalue weighted by atomic mass is 16.5. The molecular formula is C29H35N3O. The third-order valence-corrected chi connectivity index (χ3v) is 6.31. The number of methoxy groups -OCH3 is 1. The summed E-state index contributed by atoms with van der Waals surface area (Å²) in [6, 6.07) is 32.8. The van der Waals surface area contributed by atoms with Gasteiger partial charge in [-0.15, -0.1) is 0 Å². The normalized spacial score (nSPS) is 17.2. The van der Waals surface area contributed by atoms with Gasteiger partial charge in [0.1, 0.15) is 0 Å². The zero-order chi connectivity index (χ0) is 22.7. The van der Waals surface area contributed by atoms with E-state index in [9.17, 15) is 0 Å². The lowest BCUT2D eigenvalue weighted by molar-refractivity contribution is 0.117. The summed E-state index contributed by atoms with van der Waals surface area (Å²) in [5.41, 5.74) is 3.96. The molecule has 3 aromatic rings. The molecule has 0 aromatic heterocycles. The molecule has 3 aromatic carbocycles. The lowest BCUT2D eigenvalue weighted by atomic mass is 10.0. The molecule has 1 aliphatic heterocycles. The minimum atomic E-state index is 0.177. The maximum absolute atomic E-state index is 5.44. The summed E-state index contributed by atoms with van der Waals surface area (Å²) < 4.78 is 5.44. The van der Waals surface area contributed by atoms with Gasteiger partial charge in [-0.1, -0.05) is 91.0 Å². The Bertz CT molecular complexity index is 920. The largest absolute Gasteiger partial charge is 0.382 e. The van der Waals surface area contributed by atoms with Gasteiger partial charge in [0.2, 0.25) is 0 Å². The first kappa shape index (κ1) is 23.2. The first-order chi connectivity index (χ1) is 16.3. The minimum Gasteiger partial charge on any atom is -0.382 e. The van der Waals surface area contributed by atoms with E-state index in [0.717, 1.165) is 39.1 Å². The maximum Gasteiger partial charge on any atom is 0.0704 e. The van der Waals surface area contributed by atoms with Crippen LogP contribution in [0.2, 0.25) is 0 Å². The summed E-state index contributed by atoms with van der Waals surface area (Å²) in [7, 11) is 1.78. The maximum atomic E-state index is 5.44. The molecule has 4 heteroatoms. The molecule has 33 heavy (non-hydrogen) atoms. The fourth-order valence-corrected chi connectivity index (χ4v) is 4.55. The molecule has 4 nitrogen and oxygen atoms in total. The molecule has 0 amide bonds. The molecule has 0 aliphatic carbocycles. The predicted molar refractivity (Wildman–Crippen MR) is 136 cm³/mol. The van der Waals surface area contributed by atoms with Gasteiger partial charge >= 0.3 is 0 Å². The SMILES string of the molecule is COC[C@@H]1CCCN1/N=C/[C@H](Cc1ccccc1)N(Cc1ccccc1)Cc1ccccc1. The highest BCUT2D eigenvalue weighted by Gasteiger charge is 2.24. The second-order valence-electron chi connectivity index (χ2n) is 8.81. The average molecular weight is 442 g/mol. The average Bonchev–Trinajstić information content (AvgIpc) is 3.30. The van der Waals surface area contributed by atoms with Crippen molar-refractivity contribution in [3.8, 4) is 0 Å². The highest BCUT2D eigenvalue weighted by Crippen LogP contribution is 2.20. The monoisotopic (exact) mass is 441 g/mol. The smallest absolute Gasteiger partial charge is 0.0704 e. The van der Waals surface area contributed by atoms with Crippen molar-refractivity contribution in [1.29, 1.82) is 0 Å². The van der Waals surface area contributed by atoms with E-state index in [4.69, 9.17) is 9.84 Å². The summed E-state index contributed by atoms with van der Waals surface area (Å²) in [5, 5.41) is 7.24. The Morgan fingerprint density at radius 3 is 1.97 bits per heavy atom. The number of benzene rings is 3. The first-order valence-corrected chi connectivity index (χ1v) is 12.0. The standard InChI is InChI=1S/C29H35N3O/c1-33-24-28-18-11-19-32(28)30-21-29(20-25-12-5-2-6-13-25)31(22-26-14-7-3-8-15-26)23-27-16-9-4-10-17-27/h2-10,12-17,21,28-29H,11,18-20,22-24H2,1H3/b30-21+/t28-,29-/m0/s1. The van der Waals surface area contributed by atoms with Gasteiger partial charge in [0.15, 0.2) is 0 Å².